The second-order valence-corrected chi connectivity index (χ2v) is 6.00. The van der Waals surface area contributed by atoms with E-state index in [1.165, 1.54) is 10.8 Å². The highest BCUT2D eigenvalue weighted by Crippen LogP contribution is 2.17. The number of carbonyl (C=O) groups is 1. The summed E-state index contributed by atoms with van der Waals surface area (Å²) in [5.74, 6) is 0.199. The number of aromatic nitrogens is 1. The number of pyridine rings is 1. The second kappa shape index (κ2) is 6.19. The fraction of sp³-hybridized carbons (Fsp3) is 0.111. The van der Waals surface area contributed by atoms with E-state index in [0.29, 0.717) is 12.8 Å². The van der Waals surface area contributed by atoms with Crippen LogP contribution in [0.1, 0.15) is 11.1 Å². The van der Waals surface area contributed by atoms with Crippen molar-refractivity contribution >= 4 is 32.5 Å². The van der Waals surface area contributed by atoms with Gasteiger partial charge in [0.25, 0.3) is 0 Å². The van der Waals surface area contributed by atoms with Crippen LogP contribution < -0.4 is 0 Å². The van der Waals surface area contributed by atoms with Crippen LogP contribution in [0.15, 0.2) is 65.4 Å². The highest BCUT2D eigenvalue weighted by molar-refractivity contribution is 9.10. The quantitative estimate of drug-likeness (QED) is 0.707. The van der Waals surface area contributed by atoms with Crippen molar-refractivity contribution in [2.45, 2.75) is 12.8 Å². The zero-order valence-corrected chi connectivity index (χ0v) is 13.0. The molecule has 0 bridgehead atoms. The maximum Gasteiger partial charge on any atom is 0.141 e. The predicted molar refractivity (Wildman–Crippen MR) is 88.3 cm³/mol. The van der Waals surface area contributed by atoms with Gasteiger partial charge in [-0.05, 0) is 43.9 Å². The van der Waals surface area contributed by atoms with Crippen molar-refractivity contribution in [1.29, 1.82) is 0 Å². The molecule has 21 heavy (non-hydrogen) atoms. The topological polar surface area (TPSA) is 30.0 Å². The molecule has 0 spiro atoms. The fourth-order valence-electron chi connectivity index (χ4n) is 2.42. The van der Waals surface area contributed by atoms with E-state index in [0.717, 1.165) is 15.6 Å². The SMILES string of the molecule is O=C(Cc1cncc(Br)c1)Cc1ccc2ccccc2c1. The third-order valence-corrected chi connectivity index (χ3v) is 3.81. The van der Waals surface area contributed by atoms with Crippen molar-refractivity contribution in [2.24, 2.45) is 0 Å². The molecule has 0 saturated heterocycles. The summed E-state index contributed by atoms with van der Waals surface area (Å²) in [7, 11) is 0. The van der Waals surface area contributed by atoms with Gasteiger partial charge in [-0.25, -0.2) is 0 Å². The summed E-state index contributed by atoms with van der Waals surface area (Å²) in [6, 6.07) is 16.3. The zero-order chi connectivity index (χ0) is 14.7. The minimum Gasteiger partial charge on any atom is -0.299 e. The van der Waals surface area contributed by atoms with E-state index in [2.05, 4.69) is 45.2 Å². The number of hydrogen-bond donors (Lipinski definition) is 0. The summed E-state index contributed by atoms with van der Waals surface area (Å²) in [6.45, 7) is 0. The molecule has 2 nitrogen and oxygen atoms in total. The fourth-order valence-corrected chi connectivity index (χ4v) is 2.83. The predicted octanol–water partition coefficient (Wildman–Crippen LogP) is 4.35. The van der Waals surface area contributed by atoms with Crippen LogP contribution in [0.25, 0.3) is 10.8 Å². The molecule has 0 aliphatic carbocycles. The van der Waals surface area contributed by atoms with E-state index < -0.39 is 0 Å². The molecule has 0 atom stereocenters. The molecule has 0 aliphatic rings. The number of nitrogens with zero attached hydrogens (tertiary/aromatic N) is 1. The first kappa shape index (κ1) is 14.0. The van der Waals surface area contributed by atoms with Crippen LogP contribution in [0.5, 0.6) is 0 Å². The summed E-state index contributed by atoms with van der Waals surface area (Å²) in [6.07, 6.45) is 4.33. The Morgan fingerprint density at radius 1 is 0.905 bits per heavy atom. The molecule has 2 aromatic carbocycles. The number of rotatable bonds is 4. The highest BCUT2D eigenvalue weighted by Gasteiger charge is 2.07. The van der Waals surface area contributed by atoms with Crippen molar-refractivity contribution < 1.29 is 4.79 Å². The lowest BCUT2D eigenvalue weighted by atomic mass is 10.0. The second-order valence-electron chi connectivity index (χ2n) is 5.09. The van der Waals surface area contributed by atoms with Crippen LogP contribution in [0, 0.1) is 0 Å². The Labute approximate surface area is 132 Å². The first-order valence-corrected chi connectivity index (χ1v) is 7.59. The number of fused-ring (bicyclic) bond motifs is 1. The molecule has 1 heterocycles. The van der Waals surface area contributed by atoms with Crippen LogP contribution in [-0.2, 0) is 17.6 Å². The Morgan fingerprint density at radius 2 is 1.67 bits per heavy atom. The molecule has 0 unspecified atom stereocenters. The largest absolute Gasteiger partial charge is 0.299 e. The van der Waals surface area contributed by atoms with Crippen LogP contribution in [-0.4, -0.2) is 10.8 Å². The maximum atomic E-state index is 12.2. The molecule has 104 valence electrons. The number of halogens is 1. The Hall–Kier alpha value is -2.00. The van der Waals surface area contributed by atoms with Crippen molar-refractivity contribution in [3.63, 3.8) is 0 Å². The maximum absolute atomic E-state index is 12.2. The van der Waals surface area contributed by atoms with E-state index >= 15 is 0 Å². The van der Waals surface area contributed by atoms with Crippen LogP contribution in [0.2, 0.25) is 0 Å². The highest BCUT2D eigenvalue weighted by atomic mass is 79.9. The normalized spacial score (nSPS) is 10.7. The van der Waals surface area contributed by atoms with Gasteiger partial charge in [0.15, 0.2) is 0 Å². The van der Waals surface area contributed by atoms with Crippen LogP contribution in [0.4, 0.5) is 0 Å². The van der Waals surface area contributed by atoms with Gasteiger partial charge in [0.1, 0.15) is 5.78 Å². The Morgan fingerprint density at radius 3 is 2.48 bits per heavy atom. The van der Waals surface area contributed by atoms with E-state index in [4.69, 9.17) is 0 Å². The molecular weight excluding hydrogens is 326 g/mol. The van der Waals surface area contributed by atoms with Crippen LogP contribution in [0.3, 0.4) is 0 Å². The van der Waals surface area contributed by atoms with Gasteiger partial charge >= 0.3 is 0 Å². The lowest BCUT2D eigenvalue weighted by Gasteiger charge is -2.04. The average molecular weight is 340 g/mol. The van der Waals surface area contributed by atoms with E-state index in [1.807, 2.05) is 24.3 Å². The summed E-state index contributed by atoms with van der Waals surface area (Å²) >= 11 is 3.37. The van der Waals surface area contributed by atoms with Gasteiger partial charge in [-0.2, -0.15) is 0 Å². The number of benzene rings is 2. The molecule has 0 amide bonds. The molecule has 3 rings (SSSR count). The smallest absolute Gasteiger partial charge is 0.141 e. The van der Waals surface area contributed by atoms with Crippen molar-refractivity contribution in [3.8, 4) is 0 Å². The Balaban J connectivity index is 1.74. The lowest BCUT2D eigenvalue weighted by molar-refractivity contribution is -0.117. The molecule has 0 saturated carbocycles. The van der Waals surface area contributed by atoms with E-state index in [9.17, 15) is 4.79 Å². The molecule has 0 aliphatic heterocycles. The monoisotopic (exact) mass is 339 g/mol. The van der Waals surface area contributed by atoms with Gasteiger partial charge in [0.05, 0.1) is 0 Å². The van der Waals surface area contributed by atoms with Gasteiger partial charge in [0.2, 0.25) is 0 Å². The van der Waals surface area contributed by atoms with E-state index in [1.54, 1.807) is 12.4 Å². The van der Waals surface area contributed by atoms with Crippen molar-refractivity contribution in [3.05, 3.63) is 76.5 Å². The number of ketones is 1. The molecule has 3 aromatic rings. The first-order chi connectivity index (χ1) is 10.2. The minimum absolute atomic E-state index is 0.199. The van der Waals surface area contributed by atoms with E-state index in [-0.39, 0.29) is 5.78 Å². The number of hydrogen-bond acceptors (Lipinski definition) is 2. The molecule has 1 aromatic heterocycles. The van der Waals surface area contributed by atoms with Gasteiger partial charge in [-0.3, -0.25) is 9.78 Å². The van der Waals surface area contributed by atoms with Crippen molar-refractivity contribution in [2.75, 3.05) is 0 Å². The minimum atomic E-state index is 0.199. The van der Waals surface area contributed by atoms with Gasteiger partial charge < -0.3 is 0 Å². The third kappa shape index (κ3) is 3.56. The molecule has 3 heteroatoms. The zero-order valence-electron chi connectivity index (χ0n) is 11.4. The summed E-state index contributed by atoms with van der Waals surface area (Å²) in [4.78, 5) is 16.3. The van der Waals surface area contributed by atoms with Crippen molar-refractivity contribution in [1.82, 2.24) is 4.98 Å². The Kier molecular flexibility index (Phi) is 4.11. The van der Waals surface area contributed by atoms with Crippen LogP contribution >= 0.6 is 15.9 Å². The lowest BCUT2D eigenvalue weighted by Crippen LogP contribution is -2.06. The molecule has 0 N–H and O–H groups in total. The standard InChI is InChI=1S/C18H14BrNO/c19-17-8-14(11-20-12-17)10-18(21)9-13-5-6-15-3-1-2-4-16(15)7-13/h1-8,11-12H,9-10H2. The molecule has 0 radical (unpaired) electrons. The molecular formula is C18H14BrNO. The van der Waals surface area contributed by atoms with Gasteiger partial charge in [0, 0.05) is 29.7 Å². The average Bonchev–Trinajstić information content (AvgIpc) is 2.47. The number of Topliss-reactive ketones (excluding diaryl/α,β-unsaturated/α-hetero) is 1. The Bertz CT molecular complexity index is 798. The summed E-state index contributed by atoms with van der Waals surface area (Å²) < 4.78 is 0.901. The first-order valence-electron chi connectivity index (χ1n) is 6.79. The molecule has 0 fully saturated rings. The van der Waals surface area contributed by atoms with Gasteiger partial charge in [-0.15, -0.1) is 0 Å². The summed E-state index contributed by atoms with van der Waals surface area (Å²) in [5, 5.41) is 2.37. The number of carbonyl (C=O) groups excluding carboxylic acids is 1. The third-order valence-electron chi connectivity index (χ3n) is 3.38. The summed E-state index contributed by atoms with van der Waals surface area (Å²) in [5.41, 5.74) is 2.00. The van der Waals surface area contributed by atoms with Gasteiger partial charge in [-0.1, -0.05) is 42.5 Å².